The van der Waals surface area contributed by atoms with Gasteiger partial charge >= 0.3 is 0 Å². The molecule has 0 saturated carbocycles. The van der Waals surface area contributed by atoms with E-state index >= 15 is 0 Å². The summed E-state index contributed by atoms with van der Waals surface area (Å²) in [4.78, 5) is 15.6. The van der Waals surface area contributed by atoms with Gasteiger partial charge in [0.05, 0.1) is 11.0 Å². The summed E-state index contributed by atoms with van der Waals surface area (Å²) in [6.45, 7) is 0. The summed E-state index contributed by atoms with van der Waals surface area (Å²) in [5.74, 6) is 0. The Labute approximate surface area is 102 Å². The molecule has 6 heteroatoms. The second kappa shape index (κ2) is 4.06. The first kappa shape index (κ1) is 10.1. The lowest BCUT2D eigenvalue weighted by Gasteiger charge is -1.93. The number of hydrogen-bond acceptors (Lipinski definition) is 5. The number of nitrogen functional groups attached to an aromatic ring is 1. The van der Waals surface area contributed by atoms with Gasteiger partial charge in [-0.25, -0.2) is 15.0 Å². The van der Waals surface area contributed by atoms with E-state index in [1.54, 1.807) is 6.20 Å². The SMILES string of the molecule is Nc1ccc2nc(Sc3ccncn3)[nH]c2c1. The number of nitrogens with two attached hydrogens (primary N) is 1. The molecule has 0 atom stereocenters. The van der Waals surface area contributed by atoms with Crippen LogP contribution in [0.2, 0.25) is 0 Å². The molecule has 5 nitrogen and oxygen atoms in total. The molecule has 2 aromatic heterocycles. The quantitative estimate of drug-likeness (QED) is 0.532. The summed E-state index contributed by atoms with van der Waals surface area (Å²) >= 11 is 1.46. The summed E-state index contributed by atoms with van der Waals surface area (Å²) in [6, 6.07) is 7.44. The van der Waals surface area contributed by atoms with E-state index < -0.39 is 0 Å². The van der Waals surface area contributed by atoms with Crippen molar-refractivity contribution >= 4 is 28.5 Å². The molecule has 3 aromatic rings. The molecule has 0 radical (unpaired) electrons. The maximum absolute atomic E-state index is 5.71. The van der Waals surface area contributed by atoms with E-state index in [0.29, 0.717) is 0 Å². The molecule has 2 heterocycles. The predicted octanol–water partition coefficient (Wildman–Crippen LogP) is 2.09. The highest BCUT2D eigenvalue weighted by Gasteiger charge is 2.05. The van der Waals surface area contributed by atoms with Gasteiger partial charge in [0.1, 0.15) is 11.4 Å². The molecule has 0 aliphatic carbocycles. The highest BCUT2D eigenvalue weighted by atomic mass is 32.2. The van der Waals surface area contributed by atoms with E-state index in [0.717, 1.165) is 26.9 Å². The minimum Gasteiger partial charge on any atom is -0.399 e. The lowest BCUT2D eigenvalue weighted by molar-refractivity contribution is 1.02. The maximum Gasteiger partial charge on any atom is 0.172 e. The summed E-state index contributed by atoms with van der Waals surface area (Å²) < 4.78 is 0. The van der Waals surface area contributed by atoms with Crippen LogP contribution in [0.25, 0.3) is 11.0 Å². The molecule has 3 N–H and O–H groups in total. The average molecular weight is 243 g/mol. The normalized spacial score (nSPS) is 10.8. The fourth-order valence-electron chi connectivity index (χ4n) is 1.49. The highest BCUT2D eigenvalue weighted by molar-refractivity contribution is 7.99. The number of rotatable bonds is 2. The molecule has 3 rings (SSSR count). The molecule has 1 aromatic carbocycles. The van der Waals surface area contributed by atoms with Crippen LogP contribution >= 0.6 is 11.8 Å². The number of nitrogens with one attached hydrogen (secondary N) is 1. The lowest BCUT2D eigenvalue weighted by atomic mass is 10.3. The van der Waals surface area contributed by atoms with Crippen LogP contribution in [0, 0.1) is 0 Å². The summed E-state index contributed by atoms with van der Waals surface area (Å²) in [6.07, 6.45) is 3.22. The molecule has 0 amide bonds. The van der Waals surface area contributed by atoms with Crippen LogP contribution in [-0.4, -0.2) is 19.9 Å². The van der Waals surface area contributed by atoms with Crippen molar-refractivity contribution in [1.82, 2.24) is 19.9 Å². The monoisotopic (exact) mass is 243 g/mol. The number of aromatic nitrogens is 4. The number of benzene rings is 1. The fourth-order valence-corrected chi connectivity index (χ4v) is 2.22. The molecular weight excluding hydrogens is 234 g/mol. The van der Waals surface area contributed by atoms with E-state index in [9.17, 15) is 0 Å². The third-order valence-corrected chi connectivity index (χ3v) is 3.08. The molecule has 0 aliphatic heterocycles. The highest BCUT2D eigenvalue weighted by Crippen LogP contribution is 2.25. The second-order valence-corrected chi connectivity index (χ2v) is 4.48. The van der Waals surface area contributed by atoms with Gasteiger partial charge in [-0.2, -0.15) is 0 Å². The predicted molar refractivity (Wildman–Crippen MR) is 66.7 cm³/mol. The van der Waals surface area contributed by atoms with Gasteiger partial charge in [0, 0.05) is 11.9 Å². The van der Waals surface area contributed by atoms with Crippen LogP contribution in [0.15, 0.2) is 47.0 Å². The molecule has 17 heavy (non-hydrogen) atoms. The molecule has 0 spiro atoms. The van der Waals surface area contributed by atoms with Gasteiger partial charge in [0.15, 0.2) is 5.16 Å². The van der Waals surface area contributed by atoms with Gasteiger partial charge in [-0.05, 0) is 36.0 Å². The van der Waals surface area contributed by atoms with Crippen molar-refractivity contribution in [3.63, 3.8) is 0 Å². The Bertz CT molecular complexity index is 649. The summed E-state index contributed by atoms with van der Waals surface area (Å²) in [5.41, 5.74) is 8.26. The third-order valence-electron chi connectivity index (χ3n) is 2.24. The number of H-pyrrole nitrogens is 1. The molecule has 0 aliphatic rings. The molecule has 0 unspecified atom stereocenters. The Morgan fingerprint density at radius 2 is 2.18 bits per heavy atom. The van der Waals surface area contributed by atoms with Gasteiger partial charge in [-0.15, -0.1) is 0 Å². The maximum atomic E-state index is 5.71. The molecule has 84 valence electrons. The van der Waals surface area contributed by atoms with Crippen LogP contribution in [0.5, 0.6) is 0 Å². The number of hydrogen-bond donors (Lipinski definition) is 2. The summed E-state index contributed by atoms with van der Waals surface area (Å²) in [7, 11) is 0. The third kappa shape index (κ3) is 2.07. The summed E-state index contributed by atoms with van der Waals surface area (Å²) in [5, 5.41) is 1.65. The Morgan fingerprint density at radius 3 is 3.00 bits per heavy atom. The minimum atomic E-state index is 0.722. The van der Waals surface area contributed by atoms with Crippen LogP contribution in [0.4, 0.5) is 5.69 Å². The van der Waals surface area contributed by atoms with Crippen molar-refractivity contribution in [2.24, 2.45) is 0 Å². The van der Waals surface area contributed by atoms with Crippen LogP contribution in [-0.2, 0) is 0 Å². The van der Waals surface area contributed by atoms with Crippen molar-refractivity contribution in [1.29, 1.82) is 0 Å². The Morgan fingerprint density at radius 1 is 1.24 bits per heavy atom. The average Bonchev–Trinajstić information content (AvgIpc) is 2.71. The largest absolute Gasteiger partial charge is 0.399 e. The van der Waals surface area contributed by atoms with Gasteiger partial charge in [-0.1, -0.05) is 0 Å². The minimum absolute atomic E-state index is 0.722. The first-order chi connectivity index (χ1) is 8.31. The number of anilines is 1. The topological polar surface area (TPSA) is 80.5 Å². The zero-order chi connectivity index (χ0) is 11.7. The number of aromatic amines is 1. The van der Waals surface area contributed by atoms with Crippen molar-refractivity contribution in [2.75, 3.05) is 5.73 Å². The van der Waals surface area contributed by atoms with Crippen molar-refractivity contribution in [2.45, 2.75) is 10.2 Å². The lowest BCUT2D eigenvalue weighted by Crippen LogP contribution is -1.82. The van der Waals surface area contributed by atoms with Gasteiger partial charge < -0.3 is 10.7 Å². The first-order valence-electron chi connectivity index (χ1n) is 5.00. The molecule has 0 fully saturated rings. The standard InChI is InChI=1S/C11H9N5S/c12-7-1-2-8-9(5-7)16-11(15-8)17-10-3-4-13-6-14-10/h1-6H,12H2,(H,15,16). The first-order valence-corrected chi connectivity index (χ1v) is 5.82. The zero-order valence-corrected chi connectivity index (χ0v) is 9.61. The Balaban J connectivity index is 1.96. The Hall–Kier alpha value is -2.08. The second-order valence-electron chi connectivity index (χ2n) is 3.47. The van der Waals surface area contributed by atoms with E-state index in [1.807, 2.05) is 24.3 Å². The van der Waals surface area contributed by atoms with Crippen molar-refractivity contribution in [3.05, 3.63) is 36.8 Å². The van der Waals surface area contributed by atoms with Gasteiger partial charge in [-0.3, -0.25) is 0 Å². The fraction of sp³-hybridized carbons (Fsp3) is 0. The number of fused-ring (bicyclic) bond motifs is 1. The number of nitrogens with zero attached hydrogens (tertiary/aromatic N) is 3. The van der Waals surface area contributed by atoms with E-state index in [4.69, 9.17) is 5.73 Å². The van der Waals surface area contributed by atoms with E-state index in [-0.39, 0.29) is 0 Å². The van der Waals surface area contributed by atoms with E-state index in [1.165, 1.54) is 18.1 Å². The molecule has 0 bridgehead atoms. The van der Waals surface area contributed by atoms with Gasteiger partial charge in [0.2, 0.25) is 0 Å². The van der Waals surface area contributed by atoms with Crippen LogP contribution < -0.4 is 5.73 Å². The molecule has 0 saturated heterocycles. The van der Waals surface area contributed by atoms with Crippen LogP contribution in [0.3, 0.4) is 0 Å². The van der Waals surface area contributed by atoms with E-state index in [2.05, 4.69) is 19.9 Å². The van der Waals surface area contributed by atoms with Crippen molar-refractivity contribution in [3.8, 4) is 0 Å². The number of imidazole rings is 1. The van der Waals surface area contributed by atoms with Gasteiger partial charge in [0.25, 0.3) is 0 Å². The Kier molecular flexibility index (Phi) is 2.41. The molecular formula is C11H9N5S. The van der Waals surface area contributed by atoms with Crippen molar-refractivity contribution < 1.29 is 0 Å². The van der Waals surface area contributed by atoms with Crippen LogP contribution in [0.1, 0.15) is 0 Å². The smallest absolute Gasteiger partial charge is 0.172 e. The zero-order valence-electron chi connectivity index (χ0n) is 8.79.